The highest BCUT2D eigenvalue weighted by Crippen LogP contribution is 2.11. The zero-order valence-corrected chi connectivity index (χ0v) is 8.69. The molecule has 0 aliphatic heterocycles. The van der Waals surface area contributed by atoms with Crippen LogP contribution >= 0.6 is 0 Å². The van der Waals surface area contributed by atoms with Gasteiger partial charge in [-0.3, -0.25) is 0 Å². The van der Waals surface area contributed by atoms with E-state index in [-0.39, 0.29) is 18.5 Å². The molecular formula is C8H16F3N3O. The predicted molar refractivity (Wildman–Crippen MR) is 50.3 cm³/mol. The van der Waals surface area contributed by atoms with Crippen molar-refractivity contribution in [3.63, 3.8) is 0 Å². The molecule has 0 rings (SSSR count). The lowest BCUT2D eigenvalue weighted by Crippen LogP contribution is -2.46. The smallest absolute Gasteiger partial charge is 0.337 e. The van der Waals surface area contributed by atoms with Gasteiger partial charge in [0.1, 0.15) is 6.54 Å². The fourth-order valence-corrected chi connectivity index (χ4v) is 0.689. The number of nitrogens with two attached hydrogens (primary N) is 1. The number of nitrogens with one attached hydrogen (secondary N) is 2. The molecule has 0 spiro atoms. The normalized spacial score (nSPS) is 13.8. The Bertz CT molecular complexity index is 206. The third-order valence-corrected chi connectivity index (χ3v) is 1.80. The molecule has 0 aliphatic carbocycles. The molecule has 4 N–H and O–H groups in total. The molecule has 1 atom stereocenters. The van der Waals surface area contributed by atoms with Crippen LogP contribution in [0, 0.1) is 5.92 Å². The van der Waals surface area contributed by atoms with Crippen LogP contribution in [0.1, 0.15) is 13.8 Å². The highest BCUT2D eigenvalue weighted by Gasteiger charge is 2.27. The molecule has 0 saturated heterocycles. The van der Waals surface area contributed by atoms with Gasteiger partial charge in [-0.05, 0) is 5.92 Å². The minimum atomic E-state index is -4.39. The van der Waals surface area contributed by atoms with Crippen molar-refractivity contribution >= 4 is 6.03 Å². The topological polar surface area (TPSA) is 67.1 Å². The molecule has 90 valence electrons. The molecule has 0 fully saturated rings. The van der Waals surface area contributed by atoms with Crippen LogP contribution in [0.4, 0.5) is 18.0 Å². The third-order valence-electron chi connectivity index (χ3n) is 1.80. The predicted octanol–water partition coefficient (Wildman–Crippen LogP) is 0.831. The van der Waals surface area contributed by atoms with E-state index in [1.807, 2.05) is 13.8 Å². The molecule has 0 aromatic rings. The van der Waals surface area contributed by atoms with Crippen molar-refractivity contribution in [2.75, 3.05) is 13.1 Å². The maximum Gasteiger partial charge on any atom is 0.405 e. The number of hydrogen-bond acceptors (Lipinski definition) is 2. The first-order valence-corrected chi connectivity index (χ1v) is 4.56. The standard InChI is InChI=1S/C8H16F3N3O/c1-5(2)6(12)3-13-7(15)14-4-8(9,10)11/h5-6H,3-4,12H2,1-2H3,(H2,13,14,15). The van der Waals surface area contributed by atoms with Crippen LogP contribution in [-0.4, -0.2) is 31.3 Å². The van der Waals surface area contributed by atoms with Gasteiger partial charge in [0.2, 0.25) is 0 Å². The van der Waals surface area contributed by atoms with Gasteiger partial charge in [0, 0.05) is 12.6 Å². The monoisotopic (exact) mass is 227 g/mol. The van der Waals surface area contributed by atoms with Crippen molar-refractivity contribution in [1.29, 1.82) is 0 Å². The average Bonchev–Trinajstić information content (AvgIpc) is 2.09. The van der Waals surface area contributed by atoms with Crippen molar-refractivity contribution in [3.8, 4) is 0 Å². The largest absolute Gasteiger partial charge is 0.405 e. The Labute approximate surface area is 86.4 Å². The molecule has 0 heterocycles. The minimum absolute atomic E-state index is 0.154. The van der Waals surface area contributed by atoms with Crippen molar-refractivity contribution in [2.24, 2.45) is 11.7 Å². The van der Waals surface area contributed by atoms with Gasteiger partial charge < -0.3 is 16.4 Å². The Morgan fingerprint density at radius 1 is 1.33 bits per heavy atom. The molecule has 0 bridgehead atoms. The Morgan fingerprint density at radius 2 is 1.87 bits per heavy atom. The second-order valence-electron chi connectivity index (χ2n) is 3.59. The number of rotatable bonds is 4. The summed E-state index contributed by atoms with van der Waals surface area (Å²) in [7, 11) is 0. The molecule has 0 aromatic heterocycles. The van der Waals surface area contributed by atoms with Crippen LogP contribution in [0.15, 0.2) is 0 Å². The maximum atomic E-state index is 11.7. The summed E-state index contributed by atoms with van der Waals surface area (Å²) in [5, 5.41) is 3.95. The zero-order chi connectivity index (χ0) is 12.1. The van der Waals surface area contributed by atoms with E-state index in [1.165, 1.54) is 0 Å². The molecule has 0 saturated carbocycles. The summed E-state index contributed by atoms with van der Waals surface area (Å²) < 4.78 is 35.0. The highest BCUT2D eigenvalue weighted by atomic mass is 19.4. The van der Waals surface area contributed by atoms with E-state index in [0.29, 0.717) is 0 Å². The van der Waals surface area contributed by atoms with E-state index in [1.54, 1.807) is 5.32 Å². The molecule has 4 nitrogen and oxygen atoms in total. The highest BCUT2D eigenvalue weighted by molar-refractivity contribution is 5.73. The number of alkyl halides is 3. The van der Waals surface area contributed by atoms with Gasteiger partial charge in [-0.2, -0.15) is 13.2 Å². The SMILES string of the molecule is CC(C)C(N)CNC(=O)NCC(F)(F)F. The van der Waals surface area contributed by atoms with Crippen LogP contribution in [-0.2, 0) is 0 Å². The quantitative estimate of drug-likeness (QED) is 0.666. The van der Waals surface area contributed by atoms with Gasteiger partial charge in [0.15, 0.2) is 0 Å². The van der Waals surface area contributed by atoms with E-state index in [0.717, 1.165) is 0 Å². The minimum Gasteiger partial charge on any atom is -0.337 e. The van der Waals surface area contributed by atoms with Crippen molar-refractivity contribution in [2.45, 2.75) is 26.1 Å². The number of hydrogen-bond donors (Lipinski definition) is 3. The van der Waals surface area contributed by atoms with E-state index < -0.39 is 18.8 Å². The number of carbonyl (C=O) groups is 1. The summed E-state index contributed by atoms with van der Waals surface area (Å²) in [5.41, 5.74) is 5.58. The lowest BCUT2D eigenvalue weighted by molar-refractivity contribution is -0.122. The van der Waals surface area contributed by atoms with Gasteiger partial charge in [-0.25, -0.2) is 4.79 Å². The van der Waals surface area contributed by atoms with Crippen LogP contribution < -0.4 is 16.4 Å². The second kappa shape index (κ2) is 5.79. The Morgan fingerprint density at radius 3 is 2.27 bits per heavy atom. The van der Waals surface area contributed by atoms with E-state index in [9.17, 15) is 18.0 Å². The summed E-state index contributed by atoms with van der Waals surface area (Å²) in [5.74, 6) is 0.160. The fraction of sp³-hybridized carbons (Fsp3) is 0.875. The number of urea groups is 1. The van der Waals surface area contributed by atoms with Crippen LogP contribution in [0.25, 0.3) is 0 Å². The van der Waals surface area contributed by atoms with Gasteiger partial charge >= 0.3 is 12.2 Å². The Hall–Kier alpha value is -0.980. The summed E-state index contributed by atoms with van der Waals surface area (Å²) in [4.78, 5) is 10.8. The Kier molecular flexibility index (Phi) is 5.41. The van der Waals surface area contributed by atoms with Gasteiger partial charge in [0.05, 0.1) is 0 Å². The van der Waals surface area contributed by atoms with Crippen molar-refractivity contribution in [1.82, 2.24) is 10.6 Å². The molecular weight excluding hydrogens is 211 g/mol. The third kappa shape index (κ3) is 8.04. The zero-order valence-electron chi connectivity index (χ0n) is 8.69. The average molecular weight is 227 g/mol. The molecule has 1 unspecified atom stereocenters. The van der Waals surface area contributed by atoms with Crippen LogP contribution in [0.5, 0.6) is 0 Å². The molecule has 0 aliphatic rings. The molecule has 0 aromatic carbocycles. The molecule has 15 heavy (non-hydrogen) atoms. The first-order chi connectivity index (χ1) is 6.72. The summed E-state index contributed by atoms with van der Waals surface area (Å²) in [6.45, 7) is 2.54. The second-order valence-corrected chi connectivity index (χ2v) is 3.59. The van der Waals surface area contributed by atoms with E-state index in [4.69, 9.17) is 5.73 Å². The lowest BCUT2D eigenvalue weighted by atomic mass is 10.1. The van der Waals surface area contributed by atoms with E-state index in [2.05, 4.69) is 5.32 Å². The van der Waals surface area contributed by atoms with Gasteiger partial charge in [-0.1, -0.05) is 13.8 Å². The van der Waals surface area contributed by atoms with Crippen molar-refractivity contribution < 1.29 is 18.0 Å². The lowest BCUT2D eigenvalue weighted by Gasteiger charge is -2.16. The summed E-state index contributed by atoms with van der Waals surface area (Å²) >= 11 is 0. The first kappa shape index (κ1) is 14.0. The van der Waals surface area contributed by atoms with Crippen LogP contribution in [0.3, 0.4) is 0 Å². The van der Waals surface area contributed by atoms with E-state index >= 15 is 0 Å². The Balaban J connectivity index is 3.67. The molecule has 7 heteroatoms. The number of halogens is 3. The first-order valence-electron chi connectivity index (χ1n) is 4.56. The molecule has 2 amide bonds. The number of amides is 2. The van der Waals surface area contributed by atoms with Crippen molar-refractivity contribution in [3.05, 3.63) is 0 Å². The maximum absolute atomic E-state index is 11.7. The fourth-order valence-electron chi connectivity index (χ4n) is 0.689. The number of carbonyl (C=O) groups excluding carboxylic acids is 1. The van der Waals surface area contributed by atoms with Gasteiger partial charge in [-0.15, -0.1) is 0 Å². The summed E-state index contributed by atoms with van der Waals surface area (Å²) in [6.07, 6.45) is -4.39. The molecule has 0 radical (unpaired) electrons. The van der Waals surface area contributed by atoms with Gasteiger partial charge in [0.25, 0.3) is 0 Å². The summed E-state index contributed by atoms with van der Waals surface area (Å²) in [6, 6.07) is -1.12. The van der Waals surface area contributed by atoms with Crippen LogP contribution in [0.2, 0.25) is 0 Å².